The Hall–Kier alpha value is -2.21. The van der Waals surface area contributed by atoms with Gasteiger partial charge in [0, 0.05) is 19.7 Å². The standard InChI is InChI=1S/C24H32N2O3/c1-4-5-14-29-24(21-9-7-6-8-18(21)2)16-26(17-24)23(22(25)15-27)19-10-12-20(28-3)13-11-19/h6-13,15,22-23H,4-5,14,16-17,25H2,1-3H3. The Morgan fingerprint density at radius 3 is 2.45 bits per heavy atom. The van der Waals surface area contributed by atoms with E-state index in [1.807, 2.05) is 24.3 Å². The molecule has 2 atom stereocenters. The lowest BCUT2D eigenvalue weighted by Crippen LogP contribution is -2.64. The molecule has 0 saturated carbocycles. The predicted octanol–water partition coefficient (Wildman–Crippen LogP) is 3.60. The van der Waals surface area contributed by atoms with Crippen LogP contribution in [0.1, 0.15) is 42.5 Å². The van der Waals surface area contributed by atoms with Gasteiger partial charge in [0.05, 0.1) is 19.2 Å². The van der Waals surface area contributed by atoms with E-state index in [9.17, 15) is 4.79 Å². The average Bonchev–Trinajstić information content (AvgIpc) is 2.72. The number of unbranched alkanes of at least 4 members (excludes halogenated alkanes) is 1. The summed E-state index contributed by atoms with van der Waals surface area (Å²) < 4.78 is 11.7. The number of carbonyl (C=O) groups is 1. The first-order valence-electron chi connectivity index (χ1n) is 10.3. The number of hydrogen-bond donors (Lipinski definition) is 1. The summed E-state index contributed by atoms with van der Waals surface area (Å²) in [5, 5.41) is 0. The molecule has 0 bridgehead atoms. The van der Waals surface area contributed by atoms with Gasteiger partial charge in [-0.05, 0) is 42.2 Å². The Kier molecular flexibility index (Phi) is 7.06. The van der Waals surface area contributed by atoms with Crippen LogP contribution in [-0.2, 0) is 15.1 Å². The van der Waals surface area contributed by atoms with Crippen LogP contribution in [0.4, 0.5) is 0 Å². The van der Waals surface area contributed by atoms with Crippen LogP contribution in [0.5, 0.6) is 5.75 Å². The lowest BCUT2D eigenvalue weighted by molar-refractivity contribution is -0.168. The third-order valence-electron chi connectivity index (χ3n) is 5.80. The van der Waals surface area contributed by atoms with E-state index >= 15 is 0 Å². The monoisotopic (exact) mass is 396 g/mol. The van der Waals surface area contributed by atoms with E-state index in [4.69, 9.17) is 15.2 Å². The average molecular weight is 397 g/mol. The molecule has 1 heterocycles. The molecule has 0 amide bonds. The van der Waals surface area contributed by atoms with Gasteiger partial charge in [-0.2, -0.15) is 0 Å². The fraction of sp³-hybridized carbons (Fsp3) is 0.458. The third kappa shape index (κ3) is 4.53. The predicted molar refractivity (Wildman–Crippen MR) is 115 cm³/mol. The fourth-order valence-corrected chi connectivity index (χ4v) is 4.19. The number of hydrogen-bond acceptors (Lipinski definition) is 5. The highest BCUT2D eigenvalue weighted by molar-refractivity contribution is 5.59. The highest BCUT2D eigenvalue weighted by Crippen LogP contribution is 2.42. The molecule has 5 heteroatoms. The molecule has 1 aliphatic rings. The summed E-state index contributed by atoms with van der Waals surface area (Å²) in [6.07, 6.45) is 2.96. The molecule has 2 aromatic rings. The van der Waals surface area contributed by atoms with Crippen molar-refractivity contribution in [2.24, 2.45) is 5.73 Å². The zero-order valence-electron chi connectivity index (χ0n) is 17.6. The lowest BCUT2D eigenvalue weighted by Gasteiger charge is -2.54. The van der Waals surface area contributed by atoms with E-state index in [0.717, 1.165) is 37.0 Å². The molecule has 0 spiro atoms. The Balaban J connectivity index is 1.86. The van der Waals surface area contributed by atoms with Gasteiger partial charge in [0.15, 0.2) is 0 Å². The Bertz CT molecular complexity index is 800. The Labute approximate surface area is 173 Å². The Morgan fingerprint density at radius 1 is 1.17 bits per heavy atom. The van der Waals surface area contributed by atoms with Crippen LogP contribution < -0.4 is 10.5 Å². The second-order valence-electron chi connectivity index (χ2n) is 7.85. The van der Waals surface area contributed by atoms with Crippen molar-refractivity contribution in [2.45, 2.75) is 44.4 Å². The van der Waals surface area contributed by atoms with Crippen LogP contribution in [0.15, 0.2) is 48.5 Å². The van der Waals surface area contributed by atoms with Crippen LogP contribution in [-0.4, -0.2) is 44.0 Å². The van der Waals surface area contributed by atoms with Crippen molar-refractivity contribution in [3.05, 3.63) is 65.2 Å². The van der Waals surface area contributed by atoms with Gasteiger partial charge in [-0.1, -0.05) is 49.7 Å². The number of rotatable bonds is 10. The second-order valence-corrected chi connectivity index (χ2v) is 7.85. The van der Waals surface area contributed by atoms with E-state index in [0.29, 0.717) is 13.1 Å². The van der Waals surface area contributed by atoms with E-state index in [2.05, 4.69) is 43.0 Å². The summed E-state index contributed by atoms with van der Waals surface area (Å²) in [5.74, 6) is 0.785. The van der Waals surface area contributed by atoms with Gasteiger partial charge in [-0.15, -0.1) is 0 Å². The summed E-state index contributed by atoms with van der Waals surface area (Å²) in [6.45, 7) is 6.44. The van der Waals surface area contributed by atoms with Gasteiger partial charge in [0.25, 0.3) is 0 Å². The summed E-state index contributed by atoms with van der Waals surface area (Å²) in [7, 11) is 1.64. The lowest BCUT2D eigenvalue weighted by atomic mass is 9.80. The van der Waals surface area contributed by atoms with Gasteiger partial charge >= 0.3 is 0 Å². The van der Waals surface area contributed by atoms with Gasteiger partial charge in [0.2, 0.25) is 0 Å². The fourth-order valence-electron chi connectivity index (χ4n) is 4.19. The molecule has 156 valence electrons. The smallest absolute Gasteiger partial charge is 0.138 e. The van der Waals surface area contributed by atoms with E-state index in [1.165, 1.54) is 11.1 Å². The molecule has 0 aliphatic carbocycles. The first-order chi connectivity index (χ1) is 14.0. The number of nitrogens with zero attached hydrogens (tertiary/aromatic N) is 1. The van der Waals surface area contributed by atoms with Crippen LogP contribution in [0.3, 0.4) is 0 Å². The number of carbonyl (C=O) groups excluding carboxylic acids is 1. The zero-order valence-corrected chi connectivity index (χ0v) is 17.6. The molecule has 0 radical (unpaired) electrons. The molecule has 2 unspecified atom stereocenters. The number of aryl methyl sites for hydroxylation is 1. The summed E-state index contributed by atoms with van der Waals surface area (Å²) in [5.41, 5.74) is 9.33. The topological polar surface area (TPSA) is 64.8 Å². The molecule has 1 fully saturated rings. The summed E-state index contributed by atoms with van der Waals surface area (Å²) in [4.78, 5) is 13.8. The van der Waals surface area contributed by atoms with Crippen molar-refractivity contribution in [1.82, 2.24) is 4.90 Å². The number of aldehydes is 1. The maximum absolute atomic E-state index is 11.6. The summed E-state index contributed by atoms with van der Waals surface area (Å²) in [6, 6.07) is 15.4. The molecule has 1 saturated heterocycles. The molecule has 2 aromatic carbocycles. The number of ether oxygens (including phenoxy) is 2. The molecule has 2 N–H and O–H groups in total. The number of likely N-dealkylation sites (tertiary alicyclic amines) is 1. The first kappa shape index (κ1) is 21.5. The van der Waals surface area contributed by atoms with Gasteiger partial charge in [-0.3, -0.25) is 4.90 Å². The highest BCUT2D eigenvalue weighted by atomic mass is 16.5. The van der Waals surface area contributed by atoms with Crippen molar-refractivity contribution in [2.75, 3.05) is 26.8 Å². The molecule has 5 nitrogen and oxygen atoms in total. The van der Waals surface area contributed by atoms with Crippen LogP contribution in [0, 0.1) is 6.92 Å². The molecule has 3 rings (SSSR count). The molecule has 0 aromatic heterocycles. The number of methoxy groups -OCH3 is 1. The van der Waals surface area contributed by atoms with E-state index in [1.54, 1.807) is 7.11 Å². The third-order valence-corrected chi connectivity index (χ3v) is 5.80. The molecule has 29 heavy (non-hydrogen) atoms. The molecular formula is C24H32N2O3. The normalized spacial score (nSPS) is 17.9. The van der Waals surface area contributed by atoms with Gasteiger partial charge in [-0.25, -0.2) is 0 Å². The van der Waals surface area contributed by atoms with E-state index in [-0.39, 0.29) is 11.6 Å². The molecular weight excluding hydrogens is 364 g/mol. The minimum Gasteiger partial charge on any atom is -0.497 e. The van der Waals surface area contributed by atoms with Gasteiger partial charge in [0.1, 0.15) is 17.6 Å². The van der Waals surface area contributed by atoms with Crippen LogP contribution >= 0.6 is 0 Å². The SMILES string of the molecule is CCCCOC1(c2ccccc2C)CN(C(c2ccc(OC)cc2)C(N)C=O)C1. The van der Waals surface area contributed by atoms with Crippen molar-refractivity contribution >= 4 is 6.29 Å². The van der Waals surface area contributed by atoms with Crippen LogP contribution in [0.2, 0.25) is 0 Å². The maximum atomic E-state index is 11.6. The van der Waals surface area contributed by atoms with Crippen molar-refractivity contribution in [3.8, 4) is 5.75 Å². The molecule has 1 aliphatic heterocycles. The minimum absolute atomic E-state index is 0.190. The number of benzene rings is 2. The van der Waals surface area contributed by atoms with Crippen molar-refractivity contribution in [3.63, 3.8) is 0 Å². The minimum atomic E-state index is -0.603. The zero-order chi connectivity index (χ0) is 20.9. The second kappa shape index (κ2) is 9.53. The van der Waals surface area contributed by atoms with E-state index < -0.39 is 6.04 Å². The van der Waals surface area contributed by atoms with Gasteiger partial charge < -0.3 is 20.0 Å². The largest absolute Gasteiger partial charge is 0.497 e. The quantitative estimate of drug-likeness (QED) is 0.491. The first-order valence-corrected chi connectivity index (χ1v) is 10.3. The van der Waals surface area contributed by atoms with Crippen LogP contribution in [0.25, 0.3) is 0 Å². The van der Waals surface area contributed by atoms with Crippen molar-refractivity contribution in [1.29, 1.82) is 0 Å². The van der Waals surface area contributed by atoms with Crippen molar-refractivity contribution < 1.29 is 14.3 Å². The highest BCUT2D eigenvalue weighted by Gasteiger charge is 2.49. The summed E-state index contributed by atoms with van der Waals surface area (Å²) >= 11 is 0. The Morgan fingerprint density at radius 2 is 1.86 bits per heavy atom. The maximum Gasteiger partial charge on any atom is 0.138 e. The number of nitrogens with two attached hydrogens (primary N) is 1.